The van der Waals surface area contributed by atoms with Crippen LogP contribution in [0.25, 0.3) is 28.2 Å². The van der Waals surface area contributed by atoms with Gasteiger partial charge in [0.25, 0.3) is 0 Å². The molecule has 1 atom stereocenters. The SMILES string of the molecule is Cn1cc(-c2cnc(N)c(-c3nnnn3-c3ccc(OC4CCC(C(NC(=O)O)C(C)(C)C)CC4)c(F)c3F)c2)cn1. The van der Waals surface area contributed by atoms with E-state index in [1.165, 1.54) is 12.1 Å². The van der Waals surface area contributed by atoms with Crippen LogP contribution in [0.3, 0.4) is 0 Å². The number of aromatic nitrogens is 7. The predicted molar refractivity (Wildman–Crippen MR) is 150 cm³/mol. The molecule has 1 unspecified atom stereocenters. The minimum Gasteiger partial charge on any atom is -0.487 e. The molecule has 0 radical (unpaired) electrons. The molecule has 4 N–H and O–H groups in total. The first-order valence-corrected chi connectivity index (χ1v) is 13.6. The molecule has 5 rings (SSSR count). The molecule has 1 saturated carbocycles. The Balaban J connectivity index is 1.34. The number of nitrogen functional groups attached to an aromatic ring is 1. The zero-order chi connectivity index (χ0) is 30.2. The monoisotopic (exact) mass is 581 g/mol. The van der Waals surface area contributed by atoms with Crippen molar-refractivity contribution in [1.82, 2.24) is 40.3 Å². The van der Waals surface area contributed by atoms with E-state index in [2.05, 4.69) is 30.9 Å². The van der Waals surface area contributed by atoms with Crippen LogP contribution >= 0.6 is 0 Å². The van der Waals surface area contributed by atoms with Crippen molar-refractivity contribution < 1.29 is 23.4 Å². The number of benzene rings is 1. The zero-order valence-corrected chi connectivity index (χ0v) is 23.8. The summed E-state index contributed by atoms with van der Waals surface area (Å²) in [6.07, 6.45) is 6.19. The summed E-state index contributed by atoms with van der Waals surface area (Å²) in [6, 6.07) is 4.17. The molecule has 42 heavy (non-hydrogen) atoms. The van der Waals surface area contributed by atoms with E-state index in [1.54, 1.807) is 36.4 Å². The number of amides is 1. The van der Waals surface area contributed by atoms with Gasteiger partial charge in [-0.3, -0.25) is 4.68 Å². The van der Waals surface area contributed by atoms with Crippen LogP contribution in [0.5, 0.6) is 5.75 Å². The van der Waals surface area contributed by atoms with Gasteiger partial charge < -0.3 is 20.9 Å². The molecule has 1 aliphatic carbocycles. The lowest BCUT2D eigenvalue weighted by molar-refractivity contribution is 0.0849. The van der Waals surface area contributed by atoms with Crippen molar-refractivity contribution in [1.29, 1.82) is 0 Å². The van der Waals surface area contributed by atoms with Crippen LogP contribution in [-0.2, 0) is 7.05 Å². The average Bonchev–Trinajstić information content (AvgIpc) is 3.60. The zero-order valence-electron chi connectivity index (χ0n) is 23.8. The summed E-state index contributed by atoms with van der Waals surface area (Å²) in [6.45, 7) is 5.98. The molecule has 0 bridgehead atoms. The smallest absolute Gasteiger partial charge is 0.404 e. The maximum Gasteiger partial charge on any atom is 0.404 e. The number of nitrogens with zero attached hydrogens (tertiary/aromatic N) is 7. The Bertz CT molecular complexity index is 1590. The fourth-order valence-electron chi connectivity index (χ4n) is 5.57. The number of tetrazole rings is 1. The first-order chi connectivity index (χ1) is 19.9. The summed E-state index contributed by atoms with van der Waals surface area (Å²) in [4.78, 5) is 15.6. The van der Waals surface area contributed by atoms with Gasteiger partial charge in [0.1, 0.15) is 11.5 Å². The van der Waals surface area contributed by atoms with E-state index in [-0.39, 0.29) is 46.6 Å². The average molecular weight is 582 g/mol. The molecule has 1 aliphatic rings. The van der Waals surface area contributed by atoms with E-state index < -0.39 is 17.7 Å². The highest BCUT2D eigenvalue weighted by Crippen LogP contribution is 2.37. The van der Waals surface area contributed by atoms with Crippen LogP contribution in [0, 0.1) is 23.0 Å². The highest BCUT2D eigenvalue weighted by Gasteiger charge is 2.36. The number of carbonyl (C=O) groups is 1. The van der Waals surface area contributed by atoms with Crippen molar-refractivity contribution in [3.05, 3.63) is 48.4 Å². The molecule has 12 nitrogen and oxygen atoms in total. The second-order valence-corrected chi connectivity index (χ2v) is 11.6. The van der Waals surface area contributed by atoms with Crippen molar-refractivity contribution in [2.75, 3.05) is 5.73 Å². The molecule has 1 aromatic carbocycles. The number of aryl methyl sites for hydroxylation is 1. The third-order valence-electron chi connectivity index (χ3n) is 7.62. The Hall–Kier alpha value is -4.62. The fourth-order valence-corrected chi connectivity index (χ4v) is 5.57. The van der Waals surface area contributed by atoms with Gasteiger partial charge in [0.2, 0.25) is 5.82 Å². The van der Waals surface area contributed by atoms with Gasteiger partial charge in [-0.05, 0) is 65.6 Å². The normalized spacial score (nSPS) is 18.0. The number of hydrogen-bond donors (Lipinski definition) is 3. The van der Waals surface area contributed by atoms with Crippen LogP contribution in [-0.4, -0.2) is 58.3 Å². The number of pyridine rings is 1. The van der Waals surface area contributed by atoms with E-state index in [0.717, 1.165) is 10.2 Å². The van der Waals surface area contributed by atoms with Gasteiger partial charge in [-0.25, -0.2) is 14.2 Å². The summed E-state index contributed by atoms with van der Waals surface area (Å²) >= 11 is 0. The number of anilines is 1. The third-order valence-corrected chi connectivity index (χ3v) is 7.62. The molecule has 0 spiro atoms. The van der Waals surface area contributed by atoms with Gasteiger partial charge in [0.15, 0.2) is 17.4 Å². The number of hydrogen-bond acceptors (Lipinski definition) is 8. The molecular formula is C28H33F2N9O3. The van der Waals surface area contributed by atoms with Crippen molar-refractivity contribution >= 4 is 11.9 Å². The maximum atomic E-state index is 15.5. The van der Waals surface area contributed by atoms with E-state index in [9.17, 15) is 9.90 Å². The topological polar surface area (TPSA) is 159 Å². The van der Waals surface area contributed by atoms with Gasteiger partial charge in [-0.2, -0.15) is 14.2 Å². The Morgan fingerprint density at radius 2 is 1.88 bits per heavy atom. The Kier molecular flexibility index (Phi) is 7.80. The lowest BCUT2D eigenvalue weighted by Gasteiger charge is -2.40. The summed E-state index contributed by atoms with van der Waals surface area (Å²) < 4.78 is 39.4. The highest BCUT2D eigenvalue weighted by atomic mass is 19.2. The van der Waals surface area contributed by atoms with Crippen LogP contribution in [0.15, 0.2) is 36.8 Å². The Morgan fingerprint density at radius 3 is 2.52 bits per heavy atom. The minimum atomic E-state index is -1.18. The first kappa shape index (κ1) is 28.9. The Morgan fingerprint density at radius 1 is 1.14 bits per heavy atom. The molecular weight excluding hydrogens is 548 g/mol. The molecule has 222 valence electrons. The summed E-state index contributed by atoms with van der Waals surface area (Å²) in [5, 5.41) is 27.7. The van der Waals surface area contributed by atoms with E-state index in [4.69, 9.17) is 10.5 Å². The fraction of sp³-hybridized carbons (Fsp3) is 0.429. The molecule has 1 fully saturated rings. The van der Waals surface area contributed by atoms with Crippen molar-refractivity contribution in [2.24, 2.45) is 18.4 Å². The van der Waals surface area contributed by atoms with Crippen molar-refractivity contribution in [2.45, 2.75) is 58.6 Å². The summed E-state index contributed by atoms with van der Waals surface area (Å²) in [7, 11) is 1.79. The number of rotatable bonds is 7. The number of ether oxygens (including phenoxy) is 1. The standard InChI is InChI=1S/C28H33F2N9O3/c1-28(2,3)24(34-27(40)41)15-5-7-18(8-6-15)42-21-10-9-20(22(29)23(21)30)39-26(35-36-37-39)19-11-16(12-32-25(19)31)17-13-33-38(4)14-17/h9-15,18,24,34H,5-8H2,1-4H3,(H2,31,32)(H,40,41). The van der Waals surface area contributed by atoms with Crippen molar-refractivity contribution in [3.63, 3.8) is 0 Å². The lowest BCUT2D eigenvalue weighted by atomic mass is 9.72. The second kappa shape index (κ2) is 11.3. The van der Waals surface area contributed by atoms with E-state index in [1.807, 2.05) is 20.8 Å². The molecule has 14 heteroatoms. The second-order valence-electron chi connectivity index (χ2n) is 11.6. The van der Waals surface area contributed by atoms with Crippen LogP contribution in [0.1, 0.15) is 46.5 Å². The lowest BCUT2D eigenvalue weighted by Crippen LogP contribution is -2.49. The molecule has 1 amide bonds. The quantitative estimate of drug-likeness (QED) is 0.283. The van der Waals surface area contributed by atoms with Gasteiger partial charge in [-0.15, -0.1) is 5.10 Å². The third kappa shape index (κ3) is 5.87. The molecule has 0 aliphatic heterocycles. The van der Waals surface area contributed by atoms with Crippen LogP contribution in [0.4, 0.5) is 19.4 Å². The van der Waals surface area contributed by atoms with Crippen molar-refractivity contribution in [3.8, 4) is 34.0 Å². The highest BCUT2D eigenvalue weighted by molar-refractivity contribution is 5.76. The Labute approximate surface area is 240 Å². The van der Waals surface area contributed by atoms with E-state index >= 15 is 8.78 Å². The molecule has 4 aromatic rings. The first-order valence-electron chi connectivity index (χ1n) is 13.6. The van der Waals surface area contributed by atoms with Crippen LogP contribution < -0.4 is 15.8 Å². The van der Waals surface area contributed by atoms with E-state index in [0.29, 0.717) is 36.8 Å². The van der Waals surface area contributed by atoms with Gasteiger partial charge in [0, 0.05) is 36.6 Å². The number of nitrogens with one attached hydrogen (secondary N) is 1. The molecule has 0 saturated heterocycles. The number of halogens is 2. The number of carboxylic acid groups (broad SMARTS) is 1. The minimum absolute atomic E-state index is 0.0828. The van der Waals surface area contributed by atoms with Gasteiger partial charge in [0.05, 0.1) is 17.9 Å². The van der Waals surface area contributed by atoms with Crippen LogP contribution in [0.2, 0.25) is 0 Å². The van der Waals surface area contributed by atoms with Gasteiger partial charge in [-0.1, -0.05) is 20.8 Å². The number of nitrogens with two attached hydrogens (primary N) is 1. The summed E-state index contributed by atoms with van der Waals surface area (Å²) in [5.41, 5.74) is 7.45. The predicted octanol–water partition coefficient (Wildman–Crippen LogP) is 4.61. The summed E-state index contributed by atoms with van der Waals surface area (Å²) in [5.74, 6) is -2.25. The molecule has 3 aromatic heterocycles. The largest absolute Gasteiger partial charge is 0.487 e. The van der Waals surface area contributed by atoms with Gasteiger partial charge >= 0.3 is 6.09 Å². The maximum absolute atomic E-state index is 15.5. The molecule has 3 heterocycles.